The fourth-order valence-corrected chi connectivity index (χ4v) is 3.27. The molecule has 2 heterocycles. The molecule has 0 saturated heterocycles. The number of hydrogen-bond donors (Lipinski definition) is 2. The van der Waals surface area contributed by atoms with Gasteiger partial charge in [0.05, 0.1) is 5.39 Å². The number of primary amides is 1. The number of thioether (sulfide) groups is 1. The van der Waals surface area contributed by atoms with E-state index in [-0.39, 0.29) is 5.82 Å². The second-order valence-corrected chi connectivity index (χ2v) is 6.34. The molecule has 1 aromatic carbocycles. The lowest BCUT2D eigenvalue weighted by Gasteiger charge is -2.05. The van der Waals surface area contributed by atoms with E-state index >= 15 is 0 Å². The lowest BCUT2D eigenvalue weighted by atomic mass is 10.1. The molecule has 24 heavy (non-hydrogen) atoms. The number of carbonyl (C=O) groups is 1. The highest BCUT2D eigenvalue weighted by atomic mass is 32.2. The fraction of sp³-hybridized carbons (Fsp3) is 0.188. The van der Waals surface area contributed by atoms with E-state index in [0.29, 0.717) is 28.3 Å². The summed E-state index contributed by atoms with van der Waals surface area (Å²) in [6.45, 7) is 0.684. The summed E-state index contributed by atoms with van der Waals surface area (Å²) in [4.78, 5) is 20.1. The summed E-state index contributed by atoms with van der Waals surface area (Å²) in [5.74, 6) is 0.0801. The van der Waals surface area contributed by atoms with Crippen LogP contribution in [-0.4, -0.2) is 19.8 Å². The van der Waals surface area contributed by atoms with Crippen LogP contribution in [0.2, 0.25) is 0 Å². The molecule has 0 aliphatic carbocycles. The monoisotopic (exact) mass is 345 g/mol. The highest BCUT2D eigenvalue weighted by molar-refractivity contribution is 8.13. The number of anilines is 1. The van der Waals surface area contributed by atoms with Crippen LogP contribution in [-0.2, 0) is 13.0 Å². The molecule has 6 nitrogen and oxygen atoms in total. The fourth-order valence-electron chi connectivity index (χ4n) is 2.57. The minimum atomic E-state index is -0.511. The number of carbonyl (C=O) groups excluding carboxylic acids is 1. The van der Waals surface area contributed by atoms with Gasteiger partial charge in [-0.15, -0.1) is 0 Å². The van der Waals surface area contributed by atoms with Gasteiger partial charge in [0.25, 0.3) is 5.24 Å². The van der Waals surface area contributed by atoms with Crippen molar-refractivity contribution in [2.24, 2.45) is 5.73 Å². The van der Waals surface area contributed by atoms with Crippen molar-refractivity contribution in [3.63, 3.8) is 0 Å². The Hall–Kier alpha value is -2.61. The van der Waals surface area contributed by atoms with Gasteiger partial charge >= 0.3 is 0 Å². The van der Waals surface area contributed by atoms with Crippen LogP contribution in [0.15, 0.2) is 41.7 Å². The van der Waals surface area contributed by atoms with Crippen molar-refractivity contribution in [3.05, 3.63) is 48.2 Å². The van der Waals surface area contributed by atoms with Gasteiger partial charge in [0.15, 0.2) is 0 Å². The maximum atomic E-state index is 12.9. The Kier molecular flexibility index (Phi) is 4.66. The van der Waals surface area contributed by atoms with E-state index in [1.165, 1.54) is 18.5 Å². The van der Waals surface area contributed by atoms with E-state index in [2.05, 4.69) is 9.97 Å². The van der Waals surface area contributed by atoms with E-state index in [1.54, 1.807) is 12.1 Å². The van der Waals surface area contributed by atoms with E-state index in [4.69, 9.17) is 11.5 Å². The van der Waals surface area contributed by atoms with Crippen molar-refractivity contribution in [2.75, 3.05) is 5.73 Å². The number of benzene rings is 1. The molecule has 1 amide bonds. The van der Waals surface area contributed by atoms with Crippen molar-refractivity contribution in [1.29, 1.82) is 0 Å². The number of hydrogen-bond acceptors (Lipinski definition) is 5. The van der Waals surface area contributed by atoms with Crippen molar-refractivity contribution < 1.29 is 9.18 Å². The van der Waals surface area contributed by atoms with E-state index in [9.17, 15) is 9.18 Å². The van der Waals surface area contributed by atoms with Crippen molar-refractivity contribution >= 4 is 33.9 Å². The number of amides is 1. The summed E-state index contributed by atoms with van der Waals surface area (Å²) in [5, 5.41) is 0.131. The smallest absolute Gasteiger partial charge is 0.281 e. The zero-order chi connectivity index (χ0) is 17.1. The van der Waals surface area contributed by atoms with Crippen molar-refractivity contribution in [1.82, 2.24) is 14.5 Å². The normalized spacial score (nSPS) is 11.0. The number of halogens is 1. The number of nitrogens with two attached hydrogens (primary N) is 2. The molecule has 0 spiro atoms. The summed E-state index contributed by atoms with van der Waals surface area (Å²) in [6, 6.07) is 6.46. The van der Waals surface area contributed by atoms with Crippen LogP contribution >= 0.6 is 11.8 Å². The molecule has 3 aromatic rings. The summed E-state index contributed by atoms with van der Waals surface area (Å²) in [6.07, 6.45) is 4.85. The lowest BCUT2D eigenvalue weighted by molar-refractivity contribution is 0.267. The molecule has 0 atom stereocenters. The predicted molar refractivity (Wildman–Crippen MR) is 92.1 cm³/mol. The van der Waals surface area contributed by atoms with Crippen LogP contribution in [0, 0.1) is 5.82 Å². The Labute approximate surface area is 142 Å². The van der Waals surface area contributed by atoms with Gasteiger partial charge in [-0.25, -0.2) is 14.4 Å². The van der Waals surface area contributed by atoms with Crippen LogP contribution in [0.25, 0.3) is 11.0 Å². The Morgan fingerprint density at radius 2 is 2.00 bits per heavy atom. The number of nitrogen functional groups attached to an aromatic ring is 1. The Morgan fingerprint density at radius 3 is 2.71 bits per heavy atom. The highest BCUT2D eigenvalue weighted by Gasteiger charge is 2.15. The third-order valence-electron chi connectivity index (χ3n) is 3.64. The van der Waals surface area contributed by atoms with Crippen LogP contribution in [0.5, 0.6) is 0 Å². The molecule has 2 aromatic heterocycles. The van der Waals surface area contributed by atoms with Gasteiger partial charge in [-0.2, -0.15) is 0 Å². The molecule has 0 aliphatic heterocycles. The Balaban J connectivity index is 1.80. The summed E-state index contributed by atoms with van der Waals surface area (Å²) in [5.41, 5.74) is 12.9. The first kappa shape index (κ1) is 16.3. The molecule has 0 unspecified atom stereocenters. The number of fused-ring (bicyclic) bond motifs is 1. The third-order valence-corrected chi connectivity index (χ3v) is 4.37. The molecular weight excluding hydrogens is 329 g/mol. The first-order valence-corrected chi connectivity index (χ1v) is 8.17. The van der Waals surface area contributed by atoms with Gasteiger partial charge in [0.1, 0.15) is 23.6 Å². The molecule has 0 saturated carbocycles. The zero-order valence-corrected chi connectivity index (χ0v) is 13.6. The molecule has 8 heteroatoms. The summed E-state index contributed by atoms with van der Waals surface area (Å²) < 4.78 is 14.9. The maximum absolute atomic E-state index is 12.9. The van der Waals surface area contributed by atoms with Crippen LogP contribution in [0.4, 0.5) is 15.0 Å². The predicted octanol–water partition coefficient (Wildman–Crippen LogP) is 2.96. The molecule has 4 N–H and O–H groups in total. The van der Waals surface area contributed by atoms with E-state index in [0.717, 1.165) is 30.2 Å². The first-order valence-electron chi connectivity index (χ1n) is 7.35. The number of rotatable bonds is 5. The minimum absolute atomic E-state index is 0.240. The molecule has 0 aliphatic rings. The standard InChI is InChI=1S/C16H16FN5OS/c17-11-5-3-10(4-6-11)2-1-7-22-8-12(24-16(19)23)13-14(18)20-9-21-15(13)22/h3-6,8-9H,1-2,7H2,(H2,19,23)(H2,18,20,21). The Bertz CT molecular complexity index is 878. The van der Waals surface area contributed by atoms with Gasteiger partial charge in [-0.3, -0.25) is 4.79 Å². The molecular formula is C16H16FN5OS. The molecule has 124 valence electrons. The zero-order valence-electron chi connectivity index (χ0n) is 12.8. The molecule has 0 bridgehead atoms. The number of aromatic nitrogens is 3. The van der Waals surface area contributed by atoms with Crippen molar-refractivity contribution in [3.8, 4) is 0 Å². The average Bonchev–Trinajstić information content (AvgIpc) is 2.88. The summed E-state index contributed by atoms with van der Waals surface area (Å²) >= 11 is 0.911. The van der Waals surface area contributed by atoms with Gasteiger partial charge < -0.3 is 16.0 Å². The average molecular weight is 345 g/mol. The van der Waals surface area contributed by atoms with Crippen LogP contribution < -0.4 is 11.5 Å². The topological polar surface area (TPSA) is 99.8 Å². The van der Waals surface area contributed by atoms with E-state index in [1.807, 2.05) is 10.8 Å². The maximum Gasteiger partial charge on any atom is 0.281 e. The second kappa shape index (κ2) is 6.88. The molecule has 0 radical (unpaired) electrons. The van der Waals surface area contributed by atoms with Crippen LogP contribution in [0.3, 0.4) is 0 Å². The third kappa shape index (κ3) is 3.48. The number of nitrogens with zero attached hydrogens (tertiary/aromatic N) is 3. The SMILES string of the molecule is NC(=O)Sc1cn(CCCc2ccc(F)cc2)c2ncnc(N)c12. The quantitative estimate of drug-likeness (QED) is 0.693. The minimum Gasteiger partial charge on any atom is -0.383 e. The Morgan fingerprint density at radius 1 is 1.25 bits per heavy atom. The molecule has 0 fully saturated rings. The second-order valence-electron chi connectivity index (χ2n) is 5.30. The summed E-state index contributed by atoms with van der Waals surface area (Å²) in [7, 11) is 0. The number of aryl methyl sites for hydroxylation is 2. The van der Waals surface area contributed by atoms with E-state index < -0.39 is 5.24 Å². The van der Waals surface area contributed by atoms with Gasteiger partial charge in [-0.05, 0) is 42.3 Å². The van der Waals surface area contributed by atoms with Gasteiger partial charge in [0, 0.05) is 17.6 Å². The van der Waals surface area contributed by atoms with Crippen LogP contribution in [0.1, 0.15) is 12.0 Å². The van der Waals surface area contributed by atoms with Gasteiger partial charge in [-0.1, -0.05) is 12.1 Å². The van der Waals surface area contributed by atoms with Gasteiger partial charge in [0.2, 0.25) is 0 Å². The first-order chi connectivity index (χ1) is 11.5. The highest BCUT2D eigenvalue weighted by Crippen LogP contribution is 2.32. The van der Waals surface area contributed by atoms with Crippen molar-refractivity contribution in [2.45, 2.75) is 24.3 Å². The lowest BCUT2D eigenvalue weighted by Crippen LogP contribution is -2.01. The molecule has 3 rings (SSSR count). The largest absolute Gasteiger partial charge is 0.383 e.